The Morgan fingerprint density at radius 2 is 0.743 bits per heavy atom. The number of fused-ring (bicyclic) bond motifs is 2. The van der Waals surface area contributed by atoms with Gasteiger partial charge in [-0.15, -0.1) is 93.9 Å². The second kappa shape index (κ2) is 30.2. The summed E-state index contributed by atoms with van der Waals surface area (Å²) in [6.45, 7) is 21.8. The van der Waals surface area contributed by atoms with Gasteiger partial charge in [0.2, 0.25) is 0 Å². The van der Waals surface area contributed by atoms with Crippen LogP contribution < -0.4 is 0 Å². The predicted octanol–water partition coefficient (Wildman–Crippen LogP) is 21.3. The molecule has 0 heterocycles. The monoisotopic (exact) mass is 1070 g/mol. The number of hydrogen-bond acceptors (Lipinski definition) is 0. The van der Waals surface area contributed by atoms with Gasteiger partial charge in [0.05, 0.1) is 0 Å². The zero-order chi connectivity index (χ0) is 47.2. The van der Waals surface area contributed by atoms with Gasteiger partial charge in [0.1, 0.15) is 0 Å². The molecule has 70 heavy (non-hydrogen) atoms. The molecule has 0 saturated heterocycles. The Kier molecular flexibility index (Phi) is 27.6. The summed E-state index contributed by atoms with van der Waals surface area (Å²) in [4.78, 5) is 0. The fourth-order valence-corrected chi connectivity index (χ4v) is 12.6. The van der Waals surface area contributed by atoms with Crippen LogP contribution in [0.15, 0.2) is 109 Å². The molecule has 0 atom stereocenters. The average molecular weight is 1080 g/mol. The first kappa shape index (κ1) is 63.9. The van der Waals surface area contributed by atoms with E-state index in [-0.39, 0.29) is 50.5 Å². The fraction of sp³-hybridized carbons (Fsp3) is 0.515. The van der Waals surface area contributed by atoms with E-state index in [0.717, 1.165) is 0 Å². The molecule has 0 aromatic heterocycles. The predicted molar refractivity (Wildman–Crippen MR) is 316 cm³/mol. The maximum atomic E-state index is 3.06. The third kappa shape index (κ3) is 16.9. The van der Waals surface area contributed by atoms with Gasteiger partial charge in [0.25, 0.3) is 0 Å². The van der Waals surface area contributed by atoms with Crippen molar-refractivity contribution in [2.75, 3.05) is 0 Å². The van der Waals surface area contributed by atoms with E-state index in [4.69, 9.17) is 0 Å². The summed E-state index contributed by atoms with van der Waals surface area (Å²) in [6, 6.07) is 41.9. The van der Waals surface area contributed by atoms with Gasteiger partial charge >= 0.3 is 30.2 Å². The van der Waals surface area contributed by atoms with Crippen molar-refractivity contribution >= 4 is 53.2 Å². The molecule has 6 aromatic rings. The molecule has 0 N–H and O–H groups in total. The summed E-state index contributed by atoms with van der Waals surface area (Å²) < 4.78 is 0. The van der Waals surface area contributed by atoms with E-state index in [0.29, 0.717) is 10.8 Å². The summed E-state index contributed by atoms with van der Waals surface area (Å²) in [5.74, 6) is 0. The van der Waals surface area contributed by atoms with Gasteiger partial charge in [-0.3, -0.25) is 0 Å². The maximum absolute atomic E-state index is 3.06. The quantitative estimate of drug-likeness (QED) is 0.0947. The Morgan fingerprint density at radius 1 is 0.443 bits per heavy atom. The molecule has 2 saturated carbocycles. The van der Waals surface area contributed by atoms with Crippen LogP contribution in [0.2, 0.25) is 0 Å². The summed E-state index contributed by atoms with van der Waals surface area (Å²) in [5, 5.41) is 5.70. The van der Waals surface area contributed by atoms with Gasteiger partial charge in [-0.05, 0) is 95.3 Å². The van der Waals surface area contributed by atoms with Crippen LogP contribution in [0.5, 0.6) is 0 Å². The Morgan fingerprint density at radius 3 is 1.06 bits per heavy atom. The SMILES string of the molecule is CCCC1(Cc2cc3c(-c4ccccc4C(C)(C)C)cccc3[cH-]2)CCCCCCCC1.CCCC1(Cc2cc3c(-c4ccccc4C(C)(C)C)cccc3[cH-]2)CCCCCCCC1.Cl.Cl.[CH3-].[CH3-].[Si]=[Zr]. The second-order valence-electron chi connectivity index (χ2n) is 23.0. The molecule has 0 amide bonds. The van der Waals surface area contributed by atoms with Crippen LogP contribution in [0.3, 0.4) is 0 Å². The number of halogens is 2. The molecular weight excluding hydrogens is 983 g/mol. The molecule has 8 rings (SSSR count). The Labute approximate surface area is 459 Å². The molecule has 6 aromatic carbocycles. The Balaban J connectivity index is 0.000000439. The van der Waals surface area contributed by atoms with Crippen molar-refractivity contribution in [2.45, 2.75) is 207 Å². The zero-order valence-electron chi connectivity index (χ0n) is 45.8. The minimum atomic E-state index is 0. The van der Waals surface area contributed by atoms with Crippen LogP contribution in [0, 0.1) is 25.7 Å². The first-order chi connectivity index (χ1) is 31.8. The molecule has 2 aliphatic rings. The van der Waals surface area contributed by atoms with E-state index in [1.54, 1.807) is 11.1 Å². The molecule has 2 aliphatic carbocycles. The van der Waals surface area contributed by atoms with Crippen molar-refractivity contribution in [1.29, 1.82) is 0 Å². The Bertz CT molecular complexity index is 2210. The molecule has 384 valence electrons. The molecule has 2 fully saturated rings. The van der Waals surface area contributed by atoms with E-state index in [9.17, 15) is 0 Å². The summed E-state index contributed by atoms with van der Waals surface area (Å²) >= 11 is 1.36. The van der Waals surface area contributed by atoms with Gasteiger partial charge < -0.3 is 14.9 Å². The van der Waals surface area contributed by atoms with E-state index in [2.05, 4.69) is 171 Å². The minimum absolute atomic E-state index is 0. The first-order valence-electron chi connectivity index (χ1n) is 26.7. The van der Waals surface area contributed by atoms with Crippen molar-refractivity contribution < 1.29 is 23.3 Å². The molecule has 0 bridgehead atoms. The van der Waals surface area contributed by atoms with Crippen LogP contribution >= 0.6 is 24.8 Å². The molecule has 4 heteroatoms. The standard InChI is InChI=1S/2C32H43.2CH3.2ClH.Si.Zr/c2*1-5-19-32(20-12-8-6-7-9-13-21-32)24-25-22-26-15-14-17-27(29(26)23-25)28-16-10-11-18-30(28)31(2,3)4;;;;;;/h2*10-11,14-18,22-23H,5-9,12-13,19-21,24H2,1-4H3;2*1H3;2*1H;;/q4*-1;;;;. The van der Waals surface area contributed by atoms with Crippen LogP contribution in [0.4, 0.5) is 0 Å². The van der Waals surface area contributed by atoms with E-state index < -0.39 is 0 Å². The van der Waals surface area contributed by atoms with Crippen molar-refractivity contribution in [3.05, 3.63) is 146 Å². The van der Waals surface area contributed by atoms with E-state index in [1.165, 1.54) is 220 Å². The van der Waals surface area contributed by atoms with Gasteiger partial charge in [0.15, 0.2) is 0 Å². The van der Waals surface area contributed by atoms with Crippen LogP contribution in [-0.4, -0.2) is 6.88 Å². The van der Waals surface area contributed by atoms with Crippen molar-refractivity contribution in [1.82, 2.24) is 0 Å². The zero-order valence-corrected chi connectivity index (χ0v) is 50.9. The molecule has 0 spiro atoms. The molecule has 0 unspecified atom stereocenters. The first-order valence-corrected chi connectivity index (χ1v) is 30.8. The second-order valence-corrected chi connectivity index (χ2v) is 23.0. The van der Waals surface area contributed by atoms with Gasteiger partial charge in [-0.2, -0.15) is 12.1 Å². The Hall–Kier alpha value is -2.22. The molecular formula is C66H94Cl2SiZr-4. The molecule has 0 aliphatic heterocycles. The van der Waals surface area contributed by atoms with Gasteiger partial charge in [-0.1, -0.05) is 217 Å². The van der Waals surface area contributed by atoms with Crippen LogP contribution in [0.1, 0.15) is 206 Å². The summed E-state index contributed by atoms with van der Waals surface area (Å²) in [7, 11) is 0. The van der Waals surface area contributed by atoms with Crippen LogP contribution in [0.25, 0.3) is 43.8 Å². The van der Waals surface area contributed by atoms with Crippen molar-refractivity contribution in [3.8, 4) is 22.3 Å². The number of hydrogen-bond donors (Lipinski definition) is 0. The normalized spacial score (nSPS) is 16.2. The van der Waals surface area contributed by atoms with Gasteiger partial charge in [0, 0.05) is 0 Å². The third-order valence-corrected chi connectivity index (χ3v) is 15.7. The van der Waals surface area contributed by atoms with Crippen LogP contribution in [-0.2, 0) is 47.0 Å². The van der Waals surface area contributed by atoms with Gasteiger partial charge in [-0.25, -0.2) is 0 Å². The van der Waals surface area contributed by atoms with E-state index >= 15 is 0 Å². The molecule has 2 radical (unpaired) electrons. The van der Waals surface area contributed by atoms with E-state index in [1.807, 2.05) is 0 Å². The topological polar surface area (TPSA) is 0 Å². The number of rotatable bonds is 10. The average Bonchev–Trinajstić information content (AvgIpc) is 3.96. The number of benzene rings is 4. The fourth-order valence-electron chi connectivity index (χ4n) is 12.6. The summed E-state index contributed by atoms with van der Waals surface area (Å²) in [5.41, 5.74) is 12.9. The molecule has 0 nitrogen and oxygen atoms in total. The summed E-state index contributed by atoms with van der Waals surface area (Å²) in [6.07, 6.45) is 30.8. The van der Waals surface area contributed by atoms with Crippen molar-refractivity contribution in [3.63, 3.8) is 0 Å². The van der Waals surface area contributed by atoms with Crippen molar-refractivity contribution in [2.24, 2.45) is 10.8 Å². The third-order valence-electron chi connectivity index (χ3n) is 15.7.